The number of rotatable bonds is 3. The molecule has 0 saturated heterocycles. The van der Waals surface area contributed by atoms with Crippen LogP contribution in [0, 0.1) is 23.7 Å². The zero-order valence-corrected chi connectivity index (χ0v) is 20.7. The van der Waals surface area contributed by atoms with Gasteiger partial charge in [-0.1, -0.05) is 17.7 Å². The van der Waals surface area contributed by atoms with Crippen LogP contribution in [0.4, 0.5) is 0 Å². The molecule has 2 aromatic rings. The topological polar surface area (TPSA) is 168 Å². The summed E-state index contributed by atoms with van der Waals surface area (Å²) in [6.07, 6.45) is 3.11. The number of pyridine rings is 1. The normalized spacial score (nSPS) is 31.1. The molecule has 2 saturated carbocycles. The highest BCUT2D eigenvalue weighted by molar-refractivity contribution is 6.34. The average molecular weight is 526 g/mol. The largest absolute Gasteiger partial charge is 0.507 e. The number of aromatic hydroxyl groups is 1. The molecule has 1 aromatic heterocycles. The number of carbonyl (C=O) groups is 5. The fraction of sp³-hybridized carbons (Fsp3) is 0.385. The minimum Gasteiger partial charge on any atom is -0.507 e. The lowest BCUT2D eigenvalue weighted by Gasteiger charge is -2.52. The lowest BCUT2D eigenvalue weighted by atomic mass is 9.52. The maximum absolute atomic E-state index is 13.8. The lowest BCUT2D eigenvalue weighted by Crippen LogP contribution is -2.74. The minimum atomic E-state index is -2.75. The summed E-state index contributed by atoms with van der Waals surface area (Å²) < 4.78 is 0. The predicted molar refractivity (Wildman–Crippen MR) is 130 cm³/mol. The number of hydrogen-bond acceptors (Lipinski definition) is 9. The van der Waals surface area contributed by atoms with Crippen LogP contribution in [0.1, 0.15) is 22.3 Å². The molecule has 2 unspecified atom stereocenters. The maximum atomic E-state index is 13.8. The summed E-state index contributed by atoms with van der Waals surface area (Å²) in [4.78, 5) is 71.5. The summed E-state index contributed by atoms with van der Waals surface area (Å²) in [6.45, 7) is 0. The van der Waals surface area contributed by atoms with E-state index < -0.39 is 64.4 Å². The second kappa shape index (κ2) is 8.54. The number of hydrogen-bond donors (Lipinski definition) is 3. The Morgan fingerprint density at radius 3 is 2.46 bits per heavy atom. The fourth-order valence-electron chi connectivity index (χ4n) is 6.45. The van der Waals surface area contributed by atoms with Gasteiger partial charge in [0.1, 0.15) is 5.75 Å². The summed E-state index contributed by atoms with van der Waals surface area (Å²) in [6, 6.07) is 3.46. The molecular weight excluding hydrogens is 502 g/mol. The summed E-state index contributed by atoms with van der Waals surface area (Å²) >= 11 is 6.36. The second-order valence-corrected chi connectivity index (χ2v) is 10.5. The SMILES string of the molecule is CN(C)[C@H]1C(=O)C(C(N)=O)C(=O)[C@]2(O)C(=O)C3C(=O)c4c(O)ccc(-c5ccncc5Cl)c4C[C@@H]3C[C@H]12. The van der Waals surface area contributed by atoms with Crippen LogP contribution in [0.2, 0.25) is 5.02 Å². The quantitative estimate of drug-likeness (QED) is 0.485. The number of benzene rings is 1. The third-order valence-corrected chi connectivity index (χ3v) is 8.31. The number of halogens is 1. The zero-order valence-electron chi connectivity index (χ0n) is 20.0. The highest BCUT2D eigenvalue weighted by Gasteiger charge is 2.69. The van der Waals surface area contributed by atoms with Crippen LogP contribution in [0.5, 0.6) is 5.75 Å². The summed E-state index contributed by atoms with van der Waals surface area (Å²) in [5.74, 6) is -10.8. The molecule has 192 valence electrons. The van der Waals surface area contributed by atoms with Gasteiger partial charge >= 0.3 is 0 Å². The first-order chi connectivity index (χ1) is 17.4. The number of ketones is 4. The standard InChI is InChI=1S/C26H24ClN3O7/c1-30(2)20-14-8-10-7-13-11(12-5-6-29-9-15(12)27)3-4-16(31)18(13)21(32)17(10)23(34)26(14,37)24(35)19(22(20)33)25(28)36/h3-6,9-10,14,17,19-20,31,37H,7-8H2,1-2H3,(H2,28,36)/t10-,14-,17?,19?,20-,26-/m1/s1. The zero-order chi connectivity index (χ0) is 27.0. The number of phenolic OH excluding ortho intramolecular Hbond substituents is 1. The van der Waals surface area contributed by atoms with E-state index in [0.29, 0.717) is 21.7 Å². The molecule has 37 heavy (non-hydrogen) atoms. The molecule has 2 fully saturated rings. The van der Waals surface area contributed by atoms with Crippen molar-refractivity contribution in [1.29, 1.82) is 0 Å². The van der Waals surface area contributed by atoms with Gasteiger partial charge in [0.25, 0.3) is 0 Å². The molecule has 3 aliphatic carbocycles. The number of primary amides is 1. The first-order valence-electron chi connectivity index (χ1n) is 11.7. The molecule has 3 aliphatic rings. The van der Waals surface area contributed by atoms with Crippen LogP contribution in [0.25, 0.3) is 11.1 Å². The monoisotopic (exact) mass is 525 g/mol. The Balaban J connectivity index is 1.67. The van der Waals surface area contributed by atoms with Gasteiger partial charge in [-0.25, -0.2) is 0 Å². The van der Waals surface area contributed by atoms with E-state index in [1.165, 1.54) is 37.5 Å². The molecule has 10 nitrogen and oxygen atoms in total. The van der Waals surface area contributed by atoms with Gasteiger partial charge in [-0.05, 0) is 56.1 Å². The van der Waals surface area contributed by atoms with Crippen molar-refractivity contribution >= 4 is 40.6 Å². The van der Waals surface area contributed by atoms with Crippen LogP contribution in [-0.2, 0) is 25.6 Å². The highest BCUT2D eigenvalue weighted by Crippen LogP contribution is 2.52. The molecule has 1 heterocycles. The Bertz CT molecular complexity index is 1410. The number of carbonyl (C=O) groups excluding carboxylic acids is 5. The lowest BCUT2D eigenvalue weighted by molar-refractivity contribution is -0.181. The van der Waals surface area contributed by atoms with Crippen LogP contribution >= 0.6 is 11.6 Å². The van der Waals surface area contributed by atoms with Gasteiger partial charge in [0, 0.05) is 23.9 Å². The maximum Gasteiger partial charge on any atom is 0.235 e. The molecule has 6 atom stereocenters. The summed E-state index contributed by atoms with van der Waals surface area (Å²) in [5.41, 5.74) is 4.12. The van der Waals surface area contributed by atoms with Crippen molar-refractivity contribution in [1.82, 2.24) is 9.88 Å². The van der Waals surface area contributed by atoms with Crippen molar-refractivity contribution in [3.05, 3.63) is 46.7 Å². The van der Waals surface area contributed by atoms with Gasteiger partial charge in [-0.2, -0.15) is 0 Å². The number of aliphatic hydroxyl groups is 1. The molecule has 4 N–H and O–H groups in total. The van der Waals surface area contributed by atoms with Crippen LogP contribution in [0.15, 0.2) is 30.6 Å². The third kappa shape index (κ3) is 3.39. The minimum absolute atomic E-state index is 0.0247. The average Bonchev–Trinajstić information content (AvgIpc) is 2.82. The van der Waals surface area contributed by atoms with E-state index in [-0.39, 0.29) is 24.2 Å². The first-order valence-corrected chi connectivity index (χ1v) is 12.1. The summed E-state index contributed by atoms with van der Waals surface area (Å²) in [7, 11) is 3.08. The highest BCUT2D eigenvalue weighted by atomic mass is 35.5. The fourth-order valence-corrected chi connectivity index (χ4v) is 6.67. The molecule has 1 aromatic carbocycles. The van der Waals surface area contributed by atoms with Crippen LogP contribution < -0.4 is 5.73 Å². The third-order valence-electron chi connectivity index (χ3n) is 8.01. The van der Waals surface area contributed by atoms with Crippen molar-refractivity contribution in [3.63, 3.8) is 0 Å². The Morgan fingerprint density at radius 2 is 1.84 bits per heavy atom. The summed E-state index contributed by atoms with van der Waals surface area (Å²) in [5, 5.41) is 22.6. The molecular formula is C26H24ClN3O7. The van der Waals surface area contributed by atoms with E-state index in [9.17, 15) is 34.2 Å². The van der Waals surface area contributed by atoms with Gasteiger partial charge in [-0.15, -0.1) is 0 Å². The number of nitrogens with two attached hydrogens (primary N) is 1. The number of amides is 1. The van der Waals surface area contributed by atoms with E-state index in [1.54, 1.807) is 12.1 Å². The number of aromatic nitrogens is 1. The van der Waals surface area contributed by atoms with E-state index in [0.717, 1.165) is 0 Å². The number of phenols is 1. The molecule has 0 spiro atoms. The van der Waals surface area contributed by atoms with Crippen molar-refractivity contribution in [3.8, 4) is 16.9 Å². The van der Waals surface area contributed by atoms with Crippen molar-refractivity contribution in [2.45, 2.75) is 24.5 Å². The van der Waals surface area contributed by atoms with Gasteiger partial charge in [-0.3, -0.25) is 33.9 Å². The van der Waals surface area contributed by atoms with Gasteiger partial charge in [0.05, 0.1) is 22.5 Å². The Hall–Kier alpha value is -3.47. The molecule has 11 heteroatoms. The number of likely N-dealkylation sites (N-methyl/N-ethyl adjacent to an activating group) is 1. The van der Waals surface area contributed by atoms with Gasteiger partial charge in [0.2, 0.25) is 5.91 Å². The second-order valence-electron chi connectivity index (χ2n) is 10.1. The molecule has 0 bridgehead atoms. The van der Waals surface area contributed by atoms with Gasteiger partial charge in [0.15, 0.2) is 34.7 Å². The van der Waals surface area contributed by atoms with Crippen molar-refractivity contribution in [2.24, 2.45) is 29.4 Å². The molecule has 5 rings (SSSR count). The van der Waals surface area contributed by atoms with E-state index >= 15 is 0 Å². The van der Waals surface area contributed by atoms with Gasteiger partial charge < -0.3 is 15.9 Å². The number of Topliss-reactive ketones (excluding diaryl/α,β-unsaturated/α-hetero) is 4. The van der Waals surface area contributed by atoms with Crippen molar-refractivity contribution in [2.75, 3.05) is 14.1 Å². The Labute approximate surface area is 216 Å². The smallest absolute Gasteiger partial charge is 0.235 e. The van der Waals surface area contributed by atoms with Crippen LogP contribution in [0.3, 0.4) is 0 Å². The molecule has 0 radical (unpaired) electrons. The number of fused-ring (bicyclic) bond motifs is 3. The number of nitrogens with zero attached hydrogens (tertiary/aromatic N) is 2. The molecule has 0 aliphatic heterocycles. The van der Waals surface area contributed by atoms with E-state index in [2.05, 4.69) is 4.98 Å². The van der Waals surface area contributed by atoms with E-state index in [4.69, 9.17) is 17.3 Å². The predicted octanol–water partition coefficient (Wildman–Crippen LogP) is 0.582. The first kappa shape index (κ1) is 25.2. The van der Waals surface area contributed by atoms with Crippen molar-refractivity contribution < 1.29 is 34.2 Å². The molecule has 1 amide bonds. The Kier molecular flexibility index (Phi) is 5.82. The Morgan fingerprint density at radius 1 is 1.14 bits per heavy atom. The van der Waals surface area contributed by atoms with Crippen LogP contribution in [-0.4, -0.2) is 74.9 Å². The van der Waals surface area contributed by atoms with E-state index in [1.807, 2.05) is 0 Å².